The second-order valence-corrected chi connectivity index (χ2v) is 3.86. The van der Waals surface area contributed by atoms with E-state index in [-0.39, 0.29) is 17.1 Å². The van der Waals surface area contributed by atoms with Gasteiger partial charge in [0.25, 0.3) is 0 Å². The Morgan fingerprint density at radius 3 is 2.64 bits per heavy atom. The fourth-order valence-corrected chi connectivity index (χ4v) is 1.82. The lowest BCUT2D eigenvalue weighted by atomic mass is 9.73. The van der Waals surface area contributed by atoms with E-state index in [0.29, 0.717) is 0 Å². The van der Waals surface area contributed by atoms with Crippen LogP contribution in [0, 0.1) is 5.82 Å². The molecule has 3 heteroatoms. The lowest BCUT2D eigenvalue weighted by Crippen LogP contribution is -2.43. The predicted octanol–water partition coefficient (Wildman–Crippen LogP) is 2.17. The van der Waals surface area contributed by atoms with Crippen LogP contribution < -0.4 is 10.5 Å². The summed E-state index contributed by atoms with van der Waals surface area (Å²) in [7, 11) is 1.46. The Morgan fingerprint density at radius 2 is 2.14 bits per heavy atom. The van der Waals surface area contributed by atoms with Gasteiger partial charge < -0.3 is 10.5 Å². The number of benzene rings is 1. The first-order valence-corrected chi connectivity index (χ1v) is 4.79. The molecule has 0 atom stereocenters. The van der Waals surface area contributed by atoms with E-state index in [1.807, 2.05) is 0 Å². The van der Waals surface area contributed by atoms with Gasteiger partial charge in [-0.3, -0.25) is 0 Å². The molecule has 0 heterocycles. The third-order valence-electron chi connectivity index (χ3n) is 2.97. The van der Waals surface area contributed by atoms with Gasteiger partial charge >= 0.3 is 0 Å². The fraction of sp³-hybridized carbons (Fsp3) is 0.455. The molecule has 1 fully saturated rings. The molecule has 0 bridgehead atoms. The van der Waals surface area contributed by atoms with Crippen LogP contribution in [-0.4, -0.2) is 7.11 Å². The van der Waals surface area contributed by atoms with Crippen LogP contribution in [0.3, 0.4) is 0 Å². The molecule has 0 aliphatic heterocycles. The summed E-state index contributed by atoms with van der Waals surface area (Å²) in [4.78, 5) is 0. The molecule has 1 aliphatic carbocycles. The van der Waals surface area contributed by atoms with Crippen molar-refractivity contribution in [1.82, 2.24) is 0 Å². The van der Waals surface area contributed by atoms with Crippen LogP contribution in [0.25, 0.3) is 0 Å². The van der Waals surface area contributed by atoms with Crippen molar-refractivity contribution in [2.45, 2.75) is 24.8 Å². The van der Waals surface area contributed by atoms with Crippen LogP contribution in [0.5, 0.6) is 5.75 Å². The smallest absolute Gasteiger partial charge is 0.165 e. The quantitative estimate of drug-likeness (QED) is 0.785. The highest BCUT2D eigenvalue weighted by Gasteiger charge is 2.34. The third-order valence-corrected chi connectivity index (χ3v) is 2.97. The maximum Gasteiger partial charge on any atom is 0.165 e. The molecule has 1 saturated carbocycles. The van der Waals surface area contributed by atoms with E-state index in [2.05, 4.69) is 0 Å². The summed E-state index contributed by atoms with van der Waals surface area (Å²) in [6.07, 6.45) is 3.10. The highest BCUT2D eigenvalue weighted by Crippen LogP contribution is 2.39. The number of methoxy groups -OCH3 is 1. The number of rotatable bonds is 2. The summed E-state index contributed by atoms with van der Waals surface area (Å²) in [5, 5.41) is 0. The first-order valence-electron chi connectivity index (χ1n) is 4.79. The van der Waals surface area contributed by atoms with Gasteiger partial charge in [0.15, 0.2) is 11.6 Å². The summed E-state index contributed by atoms with van der Waals surface area (Å²) >= 11 is 0. The Labute approximate surface area is 82.9 Å². The van der Waals surface area contributed by atoms with Crippen molar-refractivity contribution in [3.8, 4) is 5.75 Å². The Morgan fingerprint density at radius 1 is 1.43 bits per heavy atom. The molecular weight excluding hydrogens is 181 g/mol. The summed E-state index contributed by atoms with van der Waals surface area (Å²) in [5.41, 5.74) is 6.84. The minimum absolute atomic E-state index is 0.249. The molecule has 0 amide bonds. The van der Waals surface area contributed by atoms with Gasteiger partial charge in [-0.05, 0) is 37.0 Å². The predicted molar refractivity (Wildman–Crippen MR) is 52.7 cm³/mol. The van der Waals surface area contributed by atoms with Crippen LogP contribution in [0.2, 0.25) is 0 Å². The normalized spacial score (nSPS) is 18.8. The molecule has 1 aromatic rings. The van der Waals surface area contributed by atoms with E-state index in [0.717, 1.165) is 24.8 Å². The lowest BCUT2D eigenvalue weighted by molar-refractivity contribution is 0.252. The molecule has 2 rings (SSSR count). The summed E-state index contributed by atoms with van der Waals surface area (Å²) in [6.45, 7) is 0. The van der Waals surface area contributed by atoms with Gasteiger partial charge in [0, 0.05) is 5.54 Å². The van der Waals surface area contributed by atoms with Crippen LogP contribution in [-0.2, 0) is 5.54 Å². The summed E-state index contributed by atoms with van der Waals surface area (Å²) < 4.78 is 18.0. The summed E-state index contributed by atoms with van der Waals surface area (Å²) in [5.74, 6) is -0.0570. The van der Waals surface area contributed by atoms with Crippen LogP contribution in [0.1, 0.15) is 24.8 Å². The van der Waals surface area contributed by atoms with Crippen molar-refractivity contribution in [3.05, 3.63) is 29.6 Å². The van der Waals surface area contributed by atoms with E-state index in [9.17, 15) is 4.39 Å². The molecule has 1 aliphatic rings. The monoisotopic (exact) mass is 195 g/mol. The van der Waals surface area contributed by atoms with E-state index in [1.165, 1.54) is 13.2 Å². The van der Waals surface area contributed by atoms with Crippen LogP contribution in [0.4, 0.5) is 4.39 Å². The maximum absolute atomic E-state index is 13.1. The first kappa shape index (κ1) is 9.46. The largest absolute Gasteiger partial charge is 0.494 e. The topological polar surface area (TPSA) is 35.2 Å². The van der Waals surface area contributed by atoms with E-state index in [4.69, 9.17) is 10.5 Å². The molecule has 0 aromatic heterocycles. The highest BCUT2D eigenvalue weighted by atomic mass is 19.1. The number of nitrogens with two attached hydrogens (primary N) is 1. The van der Waals surface area contributed by atoms with Gasteiger partial charge in [-0.25, -0.2) is 4.39 Å². The highest BCUT2D eigenvalue weighted by molar-refractivity contribution is 5.35. The second kappa shape index (κ2) is 3.24. The van der Waals surface area contributed by atoms with Crippen molar-refractivity contribution >= 4 is 0 Å². The molecule has 0 unspecified atom stereocenters. The number of halogens is 1. The van der Waals surface area contributed by atoms with Gasteiger partial charge in [0.1, 0.15) is 0 Å². The van der Waals surface area contributed by atoms with Gasteiger partial charge in [0.05, 0.1) is 7.11 Å². The minimum Gasteiger partial charge on any atom is -0.494 e. The maximum atomic E-state index is 13.1. The van der Waals surface area contributed by atoms with Crippen molar-refractivity contribution in [1.29, 1.82) is 0 Å². The van der Waals surface area contributed by atoms with Crippen molar-refractivity contribution in [2.24, 2.45) is 5.73 Å². The molecule has 2 nitrogen and oxygen atoms in total. The van der Waals surface area contributed by atoms with Crippen molar-refractivity contribution < 1.29 is 9.13 Å². The Hall–Kier alpha value is -1.09. The zero-order chi connectivity index (χ0) is 10.2. The molecule has 0 spiro atoms. The molecule has 0 saturated heterocycles. The van der Waals surface area contributed by atoms with Gasteiger partial charge in [0.2, 0.25) is 0 Å². The zero-order valence-electron chi connectivity index (χ0n) is 8.22. The van der Waals surface area contributed by atoms with Gasteiger partial charge in [-0.15, -0.1) is 0 Å². The molecule has 76 valence electrons. The fourth-order valence-electron chi connectivity index (χ4n) is 1.82. The molecule has 0 radical (unpaired) electrons. The number of hydrogen-bond acceptors (Lipinski definition) is 2. The van der Waals surface area contributed by atoms with E-state index < -0.39 is 0 Å². The standard InChI is InChI=1S/C11H14FNO/c1-14-10-7-8(3-4-9(10)12)11(13)5-2-6-11/h3-4,7H,2,5-6,13H2,1H3. The van der Waals surface area contributed by atoms with Crippen LogP contribution >= 0.6 is 0 Å². The lowest BCUT2D eigenvalue weighted by Gasteiger charge is -2.38. The van der Waals surface area contributed by atoms with E-state index >= 15 is 0 Å². The molecule has 14 heavy (non-hydrogen) atoms. The summed E-state index contributed by atoms with van der Waals surface area (Å²) in [6, 6.07) is 4.87. The molecule has 1 aromatic carbocycles. The number of ether oxygens (including phenoxy) is 1. The third kappa shape index (κ3) is 1.38. The Kier molecular flexibility index (Phi) is 2.19. The van der Waals surface area contributed by atoms with E-state index in [1.54, 1.807) is 12.1 Å². The van der Waals surface area contributed by atoms with Gasteiger partial charge in [-0.2, -0.15) is 0 Å². The Balaban J connectivity index is 2.35. The molecule has 2 N–H and O–H groups in total. The first-order chi connectivity index (χ1) is 6.65. The average molecular weight is 195 g/mol. The SMILES string of the molecule is COc1cc(C2(N)CCC2)ccc1F. The second-order valence-electron chi connectivity index (χ2n) is 3.86. The van der Waals surface area contributed by atoms with Gasteiger partial charge in [-0.1, -0.05) is 6.07 Å². The Bertz CT molecular complexity index is 347. The van der Waals surface area contributed by atoms with Crippen molar-refractivity contribution in [3.63, 3.8) is 0 Å². The average Bonchev–Trinajstić information content (AvgIpc) is 2.15. The zero-order valence-corrected chi connectivity index (χ0v) is 8.22. The van der Waals surface area contributed by atoms with Crippen LogP contribution in [0.15, 0.2) is 18.2 Å². The van der Waals surface area contributed by atoms with Crippen molar-refractivity contribution in [2.75, 3.05) is 7.11 Å². The minimum atomic E-state index is -0.334. The molecular formula is C11H14FNO. The number of hydrogen-bond donors (Lipinski definition) is 1.